The molecule has 2 fully saturated rings. The van der Waals surface area contributed by atoms with Gasteiger partial charge in [0.1, 0.15) is 0 Å². The number of ether oxygens (including phenoxy) is 1. The van der Waals surface area contributed by atoms with Crippen molar-refractivity contribution in [2.45, 2.75) is 38.5 Å². The first kappa shape index (κ1) is 16.8. The van der Waals surface area contributed by atoms with Gasteiger partial charge in [-0.2, -0.15) is 0 Å². The minimum absolute atomic E-state index is 0.0121. The average molecular weight is 336 g/mol. The van der Waals surface area contributed by atoms with Gasteiger partial charge in [-0.1, -0.05) is 23.7 Å². The number of carbonyl (C=O) groups is 1. The molecule has 1 heterocycles. The Hall–Kier alpha value is -1.06. The zero-order valence-corrected chi connectivity index (χ0v) is 14.6. The molecule has 126 valence electrons. The van der Waals surface area contributed by atoms with Crippen LogP contribution in [0.3, 0.4) is 0 Å². The Bertz CT molecular complexity index is 527. The van der Waals surface area contributed by atoms with Crippen LogP contribution in [-0.4, -0.2) is 37.1 Å². The summed E-state index contributed by atoms with van der Waals surface area (Å²) < 4.78 is 5.57. The van der Waals surface area contributed by atoms with Crippen molar-refractivity contribution in [2.75, 3.05) is 26.3 Å². The molecule has 23 heavy (non-hydrogen) atoms. The van der Waals surface area contributed by atoms with Crippen molar-refractivity contribution in [3.8, 4) is 0 Å². The number of benzene rings is 1. The maximum Gasteiger partial charge on any atom is 0.230 e. The molecular weight excluding hydrogens is 310 g/mol. The maximum absolute atomic E-state index is 13.1. The summed E-state index contributed by atoms with van der Waals surface area (Å²) in [5, 5.41) is 0.727. The second-order valence-electron chi connectivity index (χ2n) is 6.82. The summed E-state index contributed by atoms with van der Waals surface area (Å²) >= 11 is 6.00. The fourth-order valence-electron chi connectivity index (χ4n) is 3.60. The molecule has 0 N–H and O–H groups in total. The van der Waals surface area contributed by atoms with E-state index in [-0.39, 0.29) is 5.92 Å². The van der Waals surface area contributed by atoms with Crippen LogP contribution < -0.4 is 0 Å². The molecule has 3 rings (SSSR count). The van der Waals surface area contributed by atoms with Crippen molar-refractivity contribution in [2.24, 2.45) is 11.8 Å². The highest BCUT2D eigenvalue weighted by Gasteiger charge is 2.40. The van der Waals surface area contributed by atoms with E-state index in [4.69, 9.17) is 16.3 Å². The van der Waals surface area contributed by atoms with Crippen molar-refractivity contribution in [1.82, 2.24) is 4.90 Å². The van der Waals surface area contributed by atoms with Crippen LogP contribution in [0, 0.1) is 11.8 Å². The van der Waals surface area contributed by atoms with Crippen LogP contribution in [0.25, 0.3) is 0 Å². The molecule has 1 amide bonds. The maximum atomic E-state index is 13.1. The molecule has 3 nitrogen and oxygen atoms in total. The third kappa shape index (κ3) is 4.27. The van der Waals surface area contributed by atoms with Gasteiger partial charge < -0.3 is 9.64 Å². The minimum Gasteiger partial charge on any atom is -0.381 e. The van der Waals surface area contributed by atoms with Crippen LogP contribution in [0.2, 0.25) is 5.02 Å². The predicted octanol–water partition coefficient (Wildman–Crippen LogP) is 4.11. The van der Waals surface area contributed by atoms with Gasteiger partial charge in [-0.15, -0.1) is 0 Å². The fourth-order valence-corrected chi connectivity index (χ4v) is 3.72. The standard InChI is InChI=1S/C19H26ClNO2/c1-2-23-13-14-4-3-11-21(12-14)19(22)18(15-5-6-15)16-7-9-17(20)10-8-16/h7-10,14-15,18H,2-6,11-13H2,1H3. The number of halogens is 1. The molecule has 1 aliphatic heterocycles. The van der Waals surface area contributed by atoms with Crippen molar-refractivity contribution in [3.05, 3.63) is 34.9 Å². The summed E-state index contributed by atoms with van der Waals surface area (Å²) in [6.07, 6.45) is 4.57. The smallest absolute Gasteiger partial charge is 0.230 e. The van der Waals surface area contributed by atoms with E-state index in [1.165, 1.54) is 6.42 Å². The van der Waals surface area contributed by atoms with Crippen molar-refractivity contribution >= 4 is 17.5 Å². The molecule has 4 heteroatoms. The van der Waals surface area contributed by atoms with Gasteiger partial charge >= 0.3 is 0 Å². The van der Waals surface area contributed by atoms with E-state index < -0.39 is 0 Å². The number of carbonyl (C=O) groups excluding carboxylic acids is 1. The van der Waals surface area contributed by atoms with Gasteiger partial charge in [0.15, 0.2) is 0 Å². The lowest BCUT2D eigenvalue weighted by molar-refractivity contribution is -0.135. The summed E-state index contributed by atoms with van der Waals surface area (Å²) in [6, 6.07) is 7.83. The van der Waals surface area contributed by atoms with Crippen LogP contribution in [0.4, 0.5) is 0 Å². The number of rotatable bonds is 6. The molecule has 1 aromatic rings. The molecule has 1 saturated carbocycles. The van der Waals surface area contributed by atoms with Gasteiger partial charge in [-0.05, 0) is 62.1 Å². The van der Waals surface area contributed by atoms with E-state index in [1.54, 1.807) is 0 Å². The van der Waals surface area contributed by atoms with E-state index in [0.717, 1.165) is 56.2 Å². The first-order chi connectivity index (χ1) is 11.2. The Morgan fingerprint density at radius 3 is 2.70 bits per heavy atom. The Labute approximate surface area is 144 Å². The predicted molar refractivity (Wildman–Crippen MR) is 92.7 cm³/mol. The quantitative estimate of drug-likeness (QED) is 0.783. The summed E-state index contributed by atoms with van der Waals surface area (Å²) in [4.78, 5) is 15.2. The Morgan fingerprint density at radius 1 is 1.30 bits per heavy atom. The molecule has 1 saturated heterocycles. The Morgan fingerprint density at radius 2 is 2.04 bits per heavy atom. The SMILES string of the molecule is CCOCC1CCCN(C(=O)C(c2ccc(Cl)cc2)C2CC2)C1. The fraction of sp³-hybridized carbons (Fsp3) is 0.632. The highest BCUT2D eigenvalue weighted by Crippen LogP contribution is 2.44. The summed E-state index contributed by atoms with van der Waals surface area (Å²) in [7, 11) is 0. The number of likely N-dealkylation sites (tertiary alicyclic amines) is 1. The monoisotopic (exact) mass is 335 g/mol. The molecule has 0 bridgehead atoms. The topological polar surface area (TPSA) is 29.5 Å². The second kappa shape index (κ2) is 7.67. The highest BCUT2D eigenvalue weighted by atomic mass is 35.5. The Kier molecular flexibility index (Phi) is 5.60. The van der Waals surface area contributed by atoms with Gasteiger partial charge in [-0.25, -0.2) is 0 Å². The number of piperidine rings is 1. The van der Waals surface area contributed by atoms with E-state index in [2.05, 4.69) is 4.90 Å². The average Bonchev–Trinajstić information content (AvgIpc) is 3.40. The number of nitrogens with zero attached hydrogens (tertiary/aromatic N) is 1. The van der Waals surface area contributed by atoms with Crippen molar-refractivity contribution < 1.29 is 9.53 Å². The number of amides is 1. The van der Waals surface area contributed by atoms with Gasteiger partial charge in [-0.3, -0.25) is 4.79 Å². The third-order valence-electron chi connectivity index (χ3n) is 4.98. The first-order valence-corrected chi connectivity index (χ1v) is 9.18. The minimum atomic E-state index is 0.0121. The lowest BCUT2D eigenvalue weighted by Crippen LogP contribution is -2.43. The molecule has 2 aliphatic rings. The van der Waals surface area contributed by atoms with Gasteiger partial charge in [0.25, 0.3) is 0 Å². The molecule has 1 aliphatic carbocycles. The summed E-state index contributed by atoms with van der Waals surface area (Å²) in [5.41, 5.74) is 1.12. The highest BCUT2D eigenvalue weighted by molar-refractivity contribution is 6.30. The number of hydrogen-bond donors (Lipinski definition) is 0. The normalized spacial score (nSPS) is 22.9. The lowest BCUT2D eigenvalue weighted by Gasteiger charge is -2.35. The molecule has 0 aromatic heterocycles. The molecule has 2 atom stereocenters. The Balaban J connectivity index is 1.69. The molecular formula is C19H26ClNO2. The first-order valence-electron chi connectivity index (χ1n) is 8.81. The summed E-state index contributed by atoms with van der Waals surface area (Å²) in [5.74, 6) is 1.31. The molecule has 1 aromatic carbocycles. The molecule has 0 spiro atoms. The molecule has 2 unspecified atom stereocenters. The summed E-state index contributed by atoms with van der Waals surface area (Å²) in [6.45, 7) is 5.28. The van der Waals surface area contributed by atoms with Crippen LogP contribution >= 0.6 is 11.6 Å². The zero-order valence-electron chi connectivity index (χ0n) is 13.8. The largest absolute Gasteiger partial charge is 0.381 e. The van der Waals surface area contributed by atoms with Crippen molar-refractivity contribution in [1.29, 1.82) is 0 Å². The van der Waals surface area contributed by atoms with E-state index in [0.29, 0.717) is 17.7 Å². The van der Waals surface area contributed by atoms with Crippen LogP contribution in [0.5, 0.6) is 0 Å². The van der Waals surface area contributed by atoms with Crippen LogP contribution in [0.15, 0.2) is 24.3 Å². The van der Waals surface area contributed by atoms with Crippen LogP contribution in [0.1, 0.15) is 44.1 Å². The van der Waals surface area contributed by atoms with Crippen molar-refractivity contribution in [3.63, 3.8) is 0 Å². The van der Waals surface area contributed by atoms with E-state index in [1.807, 2.05) is 31.2 Å². The van der Waals surface area contributed by atoms with Gasteiger partial charge in [0.2, 0.25) is 5.91 Å². The van der Waals surface area contributed by atoms with E-state index >= 15 is 0 Å². The second-order valence-corrected chi connectivity index (χ2v) is 7.26. The number of hydrogen-bond acceptors (Lipinski definition) is 2. The zero-order chi connectivity index (χ0) is 16.2. The van der Waals surface area contributed by atoms with Crippen LogP contribution in [-0.2, 0) is 9.53 Å². The molecule has 0 radical (unpaired) electrons. The third-order valence-corrected chi connectivity index (χ3v) is 5.23. The van der Waals surface area contributed by atoms with E-state index in [9.17, 15) is 4.79 Å². The van der Waals surface area contributed by atoms with Gasteiger partial charge in [0, 0.05) is 24.7 Å². The lowest BCUT2D eigenvalue weighted by atomic mass is 9.90. The van der Waals surface area contributed by atoms with Gasteiger partial charge in [0.05, 0.1) is 12.5 Å².